The van der Waals surface area contributed by atoms with Crippen LogP contribution >= 0.6 is 0 Å². The molecule has 1 saturated carbocycles. The van der Waals surface area contributed by atoms with E-state index >= 15 is 0 Å². The first-order valence-electron chi connectivity index (χ1n) is 8.76. The van der Waals surface area contributed by atoms with Crippen molar-refractivity contribution in [2.75, 3.05) is 27.9 Å². The average Bonchev–Trinajstić information content (AvgIpc) is 2.66. The number of esters is 1. The SMILES string of the molecule is COc1cc(OC)c(C(=O)OCC(=O)N[C@H]2CCCC[C@H]2C)cc1OC. The largest absolute Gasteiger partial charge is 0.496 e. The topological polar surface area (TPSA) is 83.1 Å². The Morgan fingerprint density at radius 1 is 1.00 bits per heavy atom. The molecule has 0 aliphatic heterocycles. The smallest absolute Gasteiger partial charge is 0.342 e. The van der Waals surface area contributed by atoms with Gasteiger partial charge in [0.2, 0.25) is 0 Å². The summed E-state index contributed by atoms with van der Waals surface area (Å²) in [5.74, 6) is 0.583. The van der Waals surface area contributed by atoms with E-state index < -0.39 is 5.97 Å². The van der Waals surface area contributed by atoms with Gasteiger partial charge in [-0.1, -0.05) is 19.8 Å². The standard InChI is InChI=1S/C19H27NO6/c1-12-7-5-6-8-14(12)20-18(21)11-26-19(22)13-9-16(24-3)17(25-4)10-15(13)23-2/h9-10,12,14H,5-8,11H2,1-4H3,(H,20,21)/t12-,14+/m1/s1. The van der Waals surface area contributed by atoms with Crippen LogP contribution in [0.4, 0.5) is 0 Å². The average molecular weight is 365 g/mol. The molecule has 1 aliphatic rings. The molecule has 0 heterocycles. The van der Waals surface area contributed by atoms with E-state index in [1.165, 1.54) is 33.8 Å². The lowest BCUT2D eigenvalue weighted by Gasteiger charge is -2.29. The summed E-state index contributed by atoms with van der Waals surface area (Å²) in [5.41, 5.74) is 0.170. The van der Waals surface area contributed by atoms with Crippen LogP contribution in [0.25, 0.3) is 0 Å². The van der Waals surface area contributed by atoms with Crippen LogP contribution in [0, 0.1) is 5.92 Å². The van der Waals surface area contributed by atoms with Crippen LogP contribution in [0.2, 0.25) is 0 Å². The number of rotatable bonds is 7. The summed E-state index contributed by atoms with van der Waals surface area (Å²) < 4.78 is 20.8. The second-order valence-electron chi connectivity index (χ2n) is 6.42. The molecule has 0 unspecified atom stereocenters. The Balaban J connectivity index is 1.99. The van der Waals surface area contributed by atoms with E-state index in [1.54, 1.807) is 6.07 Å². The Morgan fingerprint density at radius 3 is 2.23 bits per heavy atom. The summed E-state index contributed by atoms with van der Waals surface area (Å²) in [5, 5.41) is 2.95. The zero-order valence-electron chi connectivity index (χ0n) is 15.8. The van der Waals surface area contributed by atoms with Crippen LogP contribution in [0.3, 0.4) is 0 Å². The molecule has 0 spiro atoms. The maximum Gasteiger partial charge on any atom is 0.342 e. The fraction of sp³-hybridized carbons (Fsp3) is 0.579. The van der Waals surface area contributed by atoms with Crippen LogP contribution in [0.1, 0.15) is 43.0 Å². The first-order valence-corrected chi connectivity index (χ1v) is 8.76. The number of ether oxygens (including phenoxy) is 4. The predicted molar refractivity (Wildman–Crippen MR) is 95.9 cm³/mol. The number of nitrogens with one attached hydrogen (secondary N) is 1. The third-order valence-corrected chi connectivity index (χ3v) is 4.72. The molecule has 7 nitrogen and oxygen atoms in total. The molecule has 0 radical (unpaired) electrons. The highest BCUT2D eigenvalue weighted by Crippen LogP contribution is 2.34. The van der Waals surface area contributed by atoms with Crippen molar-refractivity contribution in [1.29, 1.82) is 0 Å². The van der Waals surface area contributed by atoms with E-state index in [0.29, 0.717) is 17.4 Å². The van der Waals surface area contributed by atoms with Crippen LogP contribution in [0.5, 0.6) is 17.2 Å². The molecular weight excluding hydrogens is 338 g/mol. The Labute approximate surface area is 153 Å². The minimum atomic E-state index is -0.658. The van der Waals surface area contributed by atoms with E-state index in [9.17, 15) is 9.59 Å². The molecule has 0 aromatic heterocycles. The number of hydrogen-bond donors (Lipinski definition) is 1. The van der Waals surface area contributed by atoms with Gasteiger partial charge in [0, 0.05) is 18.2 Å². The van der Waals surface area contributed by atoms with Crippen molar-refractivity contribution in [1.82, 2.24) is 5.32 Å². The first kappa shape index (κ1) is 19.9. The highest BCUT2D eigenvalue weighted by molar-refractivity contribution is 5.95. The molecule has 7 heteroatoms. The fourth-order valence-electron chi connectivity index (χ4n) is 3.18. The molecule has 0 bridgehead atoms. The number of benzene rings is 1. The molecule has 1 aromatic rings. The van der Waals surface area contributed by atoms with Crippen molar-refractivity contribution in [3.05, 3.63) is 17.7 Å². The van der Waals surface area contributed by atoms with Gasteiger partial charge >= 0.3 is 5.97 Å². The van der Waals surface area contributed by atoms with E-state index in [4.69, 9.17) is 18.9 Å². The maximum atomic E-state index is 12.4. The minimum Gasteiger partial charge on any atom is -0.496 e. The fourth-order valence-corrected chi connectivity index (χ4v) is 3.18. The molecule has 2 rings (SSSR count). The lowest BCUT2D eigenvalue weighted by Crippen LogP contribution is -2.42. The second kappa shape index (κ2) is 9.31. The lowest BCUT2D eigenvalue weighted by atomic mass is 9.86. The van der Waals surface area contributed by atoms with Crippen LogP contribution in [-0.4, -0.2) is 45.9 Å². The Hall–Kier alpha value is -2.44. The van der Waals surface area contributed by atoms with Crippen LogP contribution in [-0.2, 0) is 9.53 Å². The van der Waals surface area contributed by atoms with E-state index in [2.05, 4.69) is 12.2 Å². The van der Waals surface area contributed by atoms with Gasteiger partial charge in [-0.15, -0.1) is 0 Å². The molecule has 1 aromatic carbocycles. The second-order valence-corrected chi connectivity index (χ2v) is 6.42. The molecule has 0 saturated heterocycles. The highest BCUT2D eigenvalue weighted by Gasteiger charge is 2.24. The number of hydrogen-bond acceptors (Lipinski definition) is 6. The van der Waals surface area contributed by atoms with Crippen LogP contribution < -0.4 is 19.5 Å². The van der Waals surface area contributed by atoms with Gasteiger partial charge in [0.1, 0.15) is 11.3 Å². The van der Waals surface area contributed by atoms with Crippen LogP contribution in [0.15, 0.2) is 12.1 Å². The molecule has 1 amide bonds. The number of carbonyl (C=O) groups excluding carboxylic acids is 2. The molecule has 1 fully saturated rings. The van der Waals surface area contributed by atoms with Gasteiger partial charge in [0.15, 0.2) is 18.1 Å². The predicted octanol–water partition coefficient (Wildman–Crippen LogP) is 2.56. The van der Waals surface area contributed by atoms with Gasteiger partial charge in [0.05, 0.1) is 21.3 Å². The monoisotopic (exact) mass is 365 g/mol. The van der Waals surface area contributed by atoms with Gasteiger partial charge in [-0.3, -0.25) is 4.79 Å². The molecule has 2 atom stereocenters. The van der Waals surface area contributed by atoms with Gasteiger partial charge in [0.25, 0.3) is 5.91 Å². The van der Waals surface area contributed by atoms with Gasteiger partial charge in [-0.05, 0) is 18.8 Å². The highest BCUT2D eigenvalue weighted by atomic mass is 16.5. The summed E-state index contributed by atoms with van der Waals surface area (Å²) in [7, 11) is 4.40. The summed E-state index contributed by atoms with van der Waals surface area (Å²) in [6.07, 6.45) is 4.37. The van der Waals surface area contributed by atoms with Crippen molar-refractivity contribution in [3.63, 3.8) is 0 Å². The molecular formula is C19H27NO6. The van der Waals surface area contributed by atoms with Crippen molar-refractivity contribution in [3.8, 4) is 17.2 Å². The Bertz CT molecular complexity index is 645. The van der Waals surface area contributed by atoms with Crippen molar-refractivity contribution in [2.45, 2.75) is 38.6 Å². The maximum absolute atomic E-state index is 12.4. The number of carbonyl (C=O) groups is 2. The summed E-state index contributed by atoms with van der Waals surface area (Å²) in [6.45, 7) is 1.80. The quantitative estimate of drug-likeness (QED) is 0.748. The Kier molecular flexibility index (Phi) is 7.12. The molecule has 144 valence electrons. The third kappa shape index (κ3) is 4.80. The van der Waals surface area contributed by atoms with Gasteiger partial charge < -0.3 is 24.3 Å². The summed E-state index contributed by atoms with van der Waals surface area (Å²) in [4.78, 5) is 24.5. The Morgan fingerprint density at radius 2 is 1.62 bits per heavy atom. The summed E-state index contributed by atoms with van der Waals surface area (Å²) in [6, 6.07) is 3.16. The van der Waals surface area contributed by atoms with Gasteiger partial charge in [-0.25, -0.2) is 4.79 Å². The zero-order chi connectivity index (χ0) is 19.1. The summed E-state index contributed by atoms with van der Waals surface area (Å²) >= 11 is 0. The van der Waals surface area contributed by atoms with E-state index in [1.807, 2.05) is 0 Å². The number of methoxy groups -OCH3 is 3. The normalized spacial score (nSPS) is 19.4. The molecule has 26 heavy (non-hydrogen) atoms. The van der Waals surface area contributed by atoms with E-state index in [0.717, 1.165) is 19.3 Å². The lowest BCUT2D eigenvalue weighted by molar-refractivity contribution is -0.125. The molecule has 1 N–H and O–H groups in total. The zero-order valence-corrected chi connectivity index (χ0v) is 15.8. The van der Waals surface area contributed by atoms with Crippen molar-refractivity contribution in [2.24, 2.45) is 5.92 Å². The molecule has 1 aliphatic carbocycles. The minimum absolute atomic E-state index is 0.144. The number of amides is 1. The van der Waals surface area contributed by atoms with Crippen molar-refractivity contribution >= 4 is 11.9 Å². The first-order chi connectivity index (χ1) is 12.5. The van der Waals surface area contributed by atoms with Crippen molar-refractivity contribution < 1.29 is 28.5 Å². The van der Waals surface area contributed by atoms with E-state index in [-0.39, 0.29) is 29.9 Å². The third-order valence-electron chi connectivity index (χ3n) is 4.72. The van der Waals surface area contributed by atoms with Gasteiger partial charge in [-0.2, -0.15) is 0 Å².